The predicted molar refractivity (Wildman–Crippen MR) is 164 cm³/mol. The van der Waals surface area contributed by atoms with Gasteiger partial charge in [-0.05, 0) is 94.3 Å². The molecule has 9 rings (SSSR count). The number of benzene rings is 6. The van der Waals surface area contributed by atoms with Crippen LogP contribution >= 0.6 is 0 Å². The molecule has 0 atom stereocenters. The zero-order valence-electron chi connectivity index (χ0n) is 21.4. The zero-order chi connectivity index (χ0) is 26.2. The lowest BCUT2D eigenvalue weighted by atomic mass is 9.98. The van der Waals surface area contributed by atoms with Crippen molar-refractivity contribution in [2.45, 2.75) is 0 Å². The van der Waals surface area contributed by atoms with Crippen LogP contribution in [0, 0.1) is 0 Å². The Balaban J connectivity index is 1.40. The van der Waals surface area contributed by atoms with Gasteiger partial charge >= 0.3 is 0 Å². The lowest BCUT2D eigenvalue weighted by Gasteiger charge is -2.41. The van der Waals surface area contributed by atoms with Gasteiger partial charge in [-0.3, -0.25) is 0 Å². The summed E-state index contributed by atoms with van der Waals surface area (Å²) in [6.07, 6.45) is 3.50. The van der Waals surface area contributed by atoms with Gasteiger partial charge in [0.05, 0.1) is 35.3 Å². The van der Waals surface area contributed by atoms with Crippen molar-refractivity contribution in [3.05, 3.63) is 134 Å². The molecule has 2 aromatic heterocycles. The van der Waals surface area contributed by atoms with Crippen LogP contribution in [0.3, 0.4) is 0 Å². The van der Waals surface area contributed by atoms with Gasteiger partial charge in [-0.25, -0.2) is 0 Å². The first-order valence-corrected chi connectivity index (χ1v) is 13.4. The number of hydrogen-bond donors (Lipinski definition) is 0. The molecule has 4 nitrogen and oxygen atoms in total. The molecule has 3 heterocycles. The standard InChI is InChI=1S/C36H22N2O2/c1-2-6-24-20-32-31(19-23(24)5-1)37(29-9-11-35-27(17-29)13-15-39-35)33-21-25-7-3-4-8-26(25)22-34(33)38(32)30-10-12-36-28(18-30)14-16-40-36/h1-22H. The Morgan fingerprint density at radius 1 is 0.350 bits per heavy atom. The van der Waals surface area contributed by atoms with Crippen molar-refractivity contribution in [3.8, 4) is 0 Å². The second-order valence-electron chi connectivity index (χ2n) is 10.3. The molecule has 0 bridgehead atoms. The van der Waals surface area contributed by atoms with Gasteiger partial charge in [0.25, 0.3) is 0 Å². The van der Waals surface area contributed by atoms with Gasteiger partial charge in [-0.2, -0.15) is 0 Å². The summed E-state index contributed by atoms with van der Waals surface area (Å²) >= 11 is 0. The van der Waals surface area contributed by atoms with Gasteiger partial charge in [0.1, 0.15) is 11.2 Å². The minimum Gasteiger partial charge on any atom is -0.464 e. The van der Waals surface area contributed by atoms with Gasteiger partial charge in [-0.1, -0.05) is 48.5 Å². The first-order valence-electron chi connectivity index (χ1n) is 13.4. The van der Waals surface area contributed by atoms with Crippen molar-refractivity contribution in [2.24, 2.45) is 0 Å². The monoisotopic (exact) mass is 514 g/mol. The maximum Gasteiger partial charge on any atom is 0.133 e. The molecule has 6 aromatic carbocycles. The summed E-state index contributed by atoms with van der Waals surface area (Å²) in [6, 6.07) is 43.3. The lowest BCUT2D eigenvalue weighted by molar-refractivity contribution is 0.615. The van der Waals surface area contributed by atoms with Gasteiger partial charge < -0.3 is 18.6 Å². The molecule has 0 saturated heterocycles. The number of furan rings is 2. The van der Waals surface area contributed by atoms with Crippen molar-refractivity contribution in [3.63, 3.8) is 0 Å². The van der Waals surface area contributed by atoms with Crippen LogP contribution in [0.5, 0.6) is 0 Å². The Hall–Kier alpha value is -5.48. The highest BCUT2D eigenvalue weighted by atomic mass is 16.3. The van der Waals surface area contributed by atoms with Crippen LogP contribution in [-0.4, -0.2) is 0 Å². The first-order chi connectivity index (χ1) is 19.8. The SMILES string of the molecule is c1ccc2cc3c(cc2c1)N(c1ccc2occc2c1)c1cc2ccccc2cc1N3c1ccc2occc2c1. The van der Waals surface area contributed by atoms with Crippen LogP contribution in [0.15, 0.2) is 143 Å². The van der Waals surface area contributed by atoms with E-state index in [0.29, 0.717) is 0 Å². The Bertz CT molecular complexity index is 2010. The second-order valence-corrected chi connectivity index (χ2v) is 10.3. The van der Waals surface area contributed by atoms with Crippen molar-refractivity contribution in [1.29, 1.82) is 0 Å². The third-order valence-corrected chi connectivity index (χ3v) is 8.04. The fraction of sp³-hybridized carbons (Fsp3) is 0. The highest BCUT2D eigenvalue weighted by Gasteiger charge is 2.32. The Labute approximate surface area is 229 Å². The van der Waals surface area contributed by atoms with E-state index in [1.807, 2.05) is 12.1 Å². The topological polar surface area (TPSA) is 32.8 Å². The highest BCUT2D eigenvalue weighted by Crippen LogP contribution is 2.56. The van der Waals surface area contributed by atoms with Crippen molar-refractivity contribution >= 4 is 77.6 Å². The summed E-state index contributed by atoms with van der Waals surface area (Å²) in [5.41, 5.74) is 8.43. The zero-order valence-corrected chi connectivity index (χ0v) is 21.4. The molecule has 188 valence electrons. The second kappa shape index (κ2) is 8.01. The van der Waals surface area contributed by atoms with Gasteiger partial charge in [0.15, 0.2) is 0 Å². The fourth-order valence-electron chi connectivity index (χ4n) is 6.15. The maximum atomic E-state index is 5.68. The summed E-state index contributed by atoms with van der Waals surface area (Å²) in [5.74, 6) is 0. The predicted octanol–water partition coefficient (Wildman–Crippen LogP) is 10.7. The molecular weight excluding hydrogens is 492 g/mol. The van der Waals surface area contributed by atoms with Crippen LogP contribution < -0.4 is 9.80 Å². The third-order valence-electron chi connectivity index (χ3n) is 8.04. The van der Waals surface area contributed by atoms with Crippen LogP contribution in [0.25, 0.3) is 43.5 Å². The number of hydrogen-bond acceptors (Lipinski definition) is 4. The fourth-order valence-corrected chi connectivity index (χ4v) is 6.15. The Morgan fingerprint density at radius 3 is 1.10 bits per heavy atom. The Morgan fingerprint density at radius 2 is 0.725 bits per heavy atom. The summed E-state index contributed by atoms with van der Waals surface area (Å²) in [5, 5.41) is 6.95. The summed E-state index contributed by atoms with van der Waals surface area (Å²) < 4.78 is 11.4. The van der Waals surface area contributed by atoms with Crippen LogP contribution in [0.1, 0.15) is 0 Å². The molecule has 0 amide bonds. The number of rotatable bonds is 2. The molecule has 4 heteroatoms. The average Bonchev–Trinajstić information content (AvgIpc) is 3.67. The van der Waals surface area contributed by atoms with Gasteiger partial charge in [0, 0.05) is 22.1 Å². The maximum absolute atomic E-state index is 5.68. The Kier molecular flexibility index (Phi) is 4.30. The van der Waals surface area contributed by atoms with Crippen molar-refractivity contribution in [1.82, 2.24) is 0 Å². The van der Waals surface area contributed by atoms with Crippen LogP contribution in [-0.2, 0) is 0 Å². The van der Waals surface area contributed by atoms with E-state index in [2.05, 4.69) is 119 Å². The molecule has 0 N–H and O–H groups in total. The molecule has 1 aliphatic rings. The normalized spacial score (nSPS) is 12.9. The van der Waals surface area contributed by atoms with Gasteiger partial charge in [0.2, 0.25) is 0 Å². The van der Waals surface area contributed by atoms with Gasteiger partial charge in [-0.15, -0.1) is 0 Å². The summed E-state index contributed by atoms with van der Waals surface area (Å²) in [6.45, 7) is 0. The van der Waals surface area contributed by atoms with Crippen molar-refractivity contribution < 1.29 is 8.83 Å². The first kappa shape index (κ1) is 21.5. The highest BCUT2D eigenvalue weighted by molar-refractivity contribution is 6.10. The summed E-state index contributed by atoms with van der Waals surface area (Å²) in [4.78, 5) is 4.78. The lowest BCUT2D eigenvalue weighted by Crippen LogP contribution is -2.24. The van der Waals surface area contributed by atoms with Crippen LogP contribution in [0.2, 0.25) is 0 Å². The van der Waals surface area contributed by atoms with E-state index < -0.39 is 0 Å². The molecule has 0 radical (unpaired) electrons. The smallest absolute Gasteiger partial charge is 0.133 e. The van der Waals surface area contributed by atoms with E-state index in [-0.39, 0.29) is 0 Å². The van der Waals surface area contributed by atoms with Crippen molar-refractivity contribution in [2.75, 3.05) is 9.80 Å². The molecule has 0 saturated carbocycles. The third kappa shape index (κ3) is 3.07. The molecule has 0 fully saturated rings. The minimum atomic E-state index is 0.883. The molecule has 40 heavy (non-hydrogen) atoms. The average molecular weight is 515 g/mol. The number of nitrogens with zero attached hydrogens (tertiary/aromatic N) is 2. The molecular formula is C36H22N2O2. The van der Waals surface area contributed by atoms with E-state index in [4.69, 9.17) is 8.83 Å². The molecule has 0 aliphatic carbocycles. The van der Waals surface area contributed by atoms with E-state index in [1.54, 1.807) is 12.5 Å². The summed E-state index contributed by atoms with van der Waals surface area (Å²) in [7, 11) is 0. The largest absolute Gasteiger partial charge is 0.464 e. The number of anilines is 6. The van der Waals surface area contributed by atoms with E-state index >= 15 is 0 Å². The van der Waals surface area contributed by atoms with Crippen LogP contribution in [0.4, 0.5) is 34.1 Å². The molecule has 8 aromatic rings. The van der Waals surface area contributed by atoms with E-state index in [0.717, 1.165) is 56.1 Å². The minimum absolute atomic E-state index is 0.883. The number of fused-ring (bicyclic) bond motifs is 6. The quantitative estimate of drug-likeness (QED) is 0.230. The van der Waals surface area contributed by atoms with E-state index in [9.17, 15) is 0 Å². The molecule has 0 spiro atoms. The van der Waals surface area contributed by atoms with E-state index in [1.165, 1.54) is 21.5 Å². The molecule has 0 unspecified atom stereocenters. The molecule has 1 aliphatic heterocycles.